The summed E-state index contributed by atoms with van der Waals surface area (Å²) in [5, 5.41) is 24.1. The van der Waals surface area contributed by atoms with Crippen LogP contribution in [0.4, 0.5) is 0 Å². The van der Waals surface area contributed by atoms with Crippen LogP contribution in [0, 0.1) is 0 Å². The van der Waals surface area contributed by atoms with Gasteiger partial charge in [0.15, 0.2) is 6.61 Å². The van der Waals surface area contributed by atoms with Crippen molar-refractivity contribution in [3.63, 3.8) is 0 Å². The molecule has 3 N–H and O–H groups in total. The number of cyclic esters (lactones) is 1. The number of piperidine rings is 1. The largest absolute Gasteiger partial charge is 0.508 e. The number of benzene rings is 1. The Morgan fingerprint density at radius 2 is 2.02 bits per heavy atom. The van der Waals surface area contributed by atoms with Gasteiger partial charge in [-0.15, -0.1) is 0 Å². The molecule has 0 saturated carbocycles. The van der Waals surface area contributed by atoms with Gasteiger partial charge in [0.05, 0.1) is 11.8 Å². The van der Waals surface area contributed by atoms with E-state index in [9.17, 15) is 19.8 Å². The molecule has 2 aliphatic heterocycles. The van der Waals surface area contributed by atoms with Crippen molar-refractivity contribution in [3.05, 3.63) is 63.7 Å². The Kier molecular flexibility index (Phi) is 12.4. The van der Waals surface area contributed by atoms with Crippen LogP contribution in [0.1, 0.15) is 61.4 Å². The number of azide groups is 1. The molecular formula is C28H37N5O7. The molecule has 12 heteroatoms. The maximum absolute atomic E-state index is 13.0. The highest BCUT2D eigenvalue weighted by atomic mass is 16.6. The van der Waals surface area contributed by atoms with Crippen LogP contribution in [0.3, 0.4) is 0 Å². The van der Waals surface area contributed by atoms with Gasteiger partial charge in [0.25, 0.3) is 5.91 Å². The number of carbonyl (C=O) groups excluding carboxylic acids is 2. The number of fused-ring (bicyclic) bond motifs is 1. The number of aromatic hydroxyl groups is 2. The van der Waals surface area contributed by atoms with Crippen LogP contribution in [0.15, 0.2) is 47.2 Å². The summed E-state index contributed by atoms with van der Waals surface area (Å²) >= 11 is 0. The molecule has 2 aliphatic rings. The Hall–Kier alpha value is -3.99. The van der Waals surface area contributed by atoms with Crippen molar-refractivity contribution >= 4 is 18.0 Å². The number of nitrogens with zero attached hydrogens (tertiary/aromatic N) is 4. The van der Waals surface area contributed by atoms with E-state index in [1.165, 1.54) is 12.1 Å². The Bertz CT molecular complexity index is 1150. The molecule has 2 heterocycles. The molecule has 2 atom stereocenters. The predicted molar refractivity (Wildman–Crippen MR) is 148 cm³/mol. The number of esters is 1. The van der Waals surface area contributed by atoms with Crippen LogP contribution in [-0.2, 0) is 19.1 Å². The van der Waals surface area contributed by atoms with Crippen LogP contribution in [-0.4, -0.2) is 72.0 Å². The summed E-state index contributed by atoms with van der Waals surface area (Å²) in [6, 6.07) is 2.40. The normalized spacial score (nSPS) is 21.3. The molecule has 40 heavy (non-hydrogen) atoms. The molecule has 216 valence electrons. The molecule has 0 spiro atoms. The number of phenolic OH excluding ortho intramolecular Hbond substituents is 2. The minimum atomic E-state index is -0.753. The number of likely N-dealkylation sites (tertiary alicyclic amines) is 1. The number of ether oxygens (including phenoxy) is 2. The van der Waals surface area contributed by atoms with E-state index in [0.717, 1.165) is 25.3 Å². The SMILES string of the molecule is C[C@@H]1CC=C[C@@H](OCCCN=[N+]=[N-])CC=C/C(NOCC(=O)N2CCCCC2)=C/c2cc(O)cc(O)c2C(=O)O1. The molecule has 0 bridgehead atoms. The lowest BCUT2D eigenvalue weighted by molar-refractivity contribution is -0.139. The Morgan fingerprint density at radius 1 is 1.23 bits per heavy atom. The van der Waals surface area contributed by atoms with Gasteiger partial charge in [-0.25, -0.2) is 4.79 Å². The van der Waals surface area contributed by atoms with Gasteiger partial charge in [0.2, 0.25) is 0 Å². The molecule has 1 aromatic rings. The smallest absolute Gasteiger partial charge is 0.342 e. The fourth-order valence-corrected chi connectivity index (χ4v) is 4.32. The molecular weight excluding hydrogens is 518 g/mol. The zero-order valence-electron chi connectivity index (χ0n) is 22.7. The number of phenols is 2. The van der Waals surface area contributed by atoms with E-state index >= 15 is 0 Å². The number of hydrogen-bond donors (Lipinski definition) is 3. The first-order valence-corrected chi connectivity index (χ1v) is 13.5. The maximum atomic E-state index is 13.0. The first kappa shape index (κ1) is 30.6. The van der Waals surface area contributed by atoms with E-state index in [1.807, 2.05) is 18.2 Å². The highest BCUT2D eigenvalue weighted by Gasteiger charge is 2.21. The highest BCUT2D eigenvalue weighted by Crippen LogP contribution is 2.30. The topological polar surface area (TPSA) is 166 Å². The zero-order valence-corrected chi connectivity index (χ0v) is 22.7. The van der Waals surface area contributed by atoms with E-state index in [2.05, 4.69) is 15.5 Å². The summed E-state index contributed by atoms with van der Waals surface area (Å²) in [6.45, 7) is 3.67. The van der Waals surface area contributed by atoms with E-state index in [0.29, 0.717) is 51.2 Å². The Morgan fingerprint density at radius 3 is 2.80 bits per heavy atom. The van der Waals surface area contributed by atoms with Crippen LogP contribution in [0.25, 0.3) is 16.5 Å². The van der Waals surface area contributed by atoms with Crippen molar-refractivity contribution in [2.75, 3.05) is 32.8 Å². The number of nitrogens with one attached hydrogen (secondary N) is 1. The molecule has 1 fully saturated rings. The first-order chi connectivity index (χ1) is 19.4. The van der Waals surface area contributed by atoms with Crippen molar-refractivity contribution in [2.24, 2.45) is 5.11 Å². The molecule has 0 unspecified atom stereocenters. The van der Waals surface area contributed by atoms with Gasteiger partial charge in [-0.2, -0.15) is 0 Å². The Balaban J connectivity index is 1.84. The number of amides is 1. The molecule has 3 rings (SSSR count). The van der Waals surface area contributed by atoms with Gasteiger partial charge in [0, 0.05) is 43.6 Å². The summed E-state index contributed by atoms with van der Waals surface area (Å²) in [5.41, 5.74) is 11.7. The summed E-state index contributed by atoms with van der Waals surface area (Å²) in [6.07, 6.45) is 12.5. The molecule has 0 aromatic heterocycles. The monoisotopic (exact) mass is 555 g/mol. The van der Waals surface area contributed by atoms with Crippen LogP contribution in [0.5, 0.6) is 11.5 Å². The lowest BCUT2D eigenvalue weighted by Crippen LogP contribution is -2.39. The quantitative estimate of drug-likeness (QED) is 0.0761. The molecule has 1 aromatic carbocycles. The van der Waals surface area contributed by atoms with Crippen LogP contribution < -0.4 is 5.48 Å². The van der Waals surface area contributed by atoms with Crippen molar-refractivity contribution in [1.82, 2.24) is 10.4 Å². The average Bonchev–Trinajstić information content (AvgIpc) is 2.92. The predicted octanol–water partition coefficient (Wildman–Crippen LogP) is 4.51. The van der Waals surface area contributed by atoms with Crippen LogP contribution >= 0.6 is 0 Å². The van der Waals surface area contributed by atoms with Gasteiger partial charge in [-0.05, 0) is 68.3 Å². The molecule has 0 aliphatic carbocycles. The van der Waals surface area contributed by atoms with E-state index < -0.39 is 17.8 Å². The van der Waals surface area contributed by atoms with Crippen molar-refractivity contribution < 1.29 is 34.1 Å². The third kappa shape index (κ3) is 9.96. The summed E-state index contributed by atoms with van der Waals surface area (Å²) in [4.78, 5) is 35.6. The number of carbonyl (C=O) groups is 2. The van der Waals surface area contributed by atoms with Gasteiger partial charge >= 0.3 is 5.97 Å². The fraction of sp³-hybridized carbons (Fsp3) is 0.500. The second-order valence-electron chi connectivity index (χ2n) is 9.60. The minimum Gasteiger partial charge on any atom is -0.508 e. The maximum Gasteiger partial charge on any atom is 0.342 e. The standard InChI is InChI=1S/C28H37N5O7/c1-20-8-5-10-24(38-15-7-12-30-32-29)11-6-9-22(31-39-19-26(36)33-13-3-2-4-14-33)16-21-17-23(34)18-25(35)27(21)28(37)40-20/h5-6,9-10,16-18,20,24,31,34-35H,2-4,7-8,11-15,19H2,1H3/b9-6?,10-5?,22-16-/t20-,24-/m1/s1. The van der Waals surface area contributed by atoms with E-state index in [1.54, 1.807) is 17.9 Å². The highest BCUT2D eigenvalue weighted by molar-refractivity contribution is 5.97. The number of allylic oxidation sites excluding steroid dienone is 1. The lowest BCUT2D eigenvalue weighted by Gasteiger charge is -2.26. The summed E-state index contributed by atoms with van der Waals surface area (Å²) in [7, 11) is 0. The van der Waals surface area contributed by atoms with Crippen molar-refractivity contribution in [2.45, 2.75) is 57.7 Å². The molecule has 1 amide bonds. The molecule has 1 saturated heterocycles. The third-order valence-electron chi connectivity index (χ3n) is 6.33. The van der Waals surface area contributed by atoms with Crippen LogP contribution in [0.2, 0.25) is 0 Å². The number of rotatable bonds is 9. The first-order valence-electron chi connectivity index (χ1n) is 13.5. The van der Waals surface area contributed by atoms with E-state index in [4.69, 9.17) is 19.8 Å². The number of hydrogen-bond acceptors (Lipinski definition) is 9. The minimum absolute atomic E-state index is 0.107. The van der Waals surface area contributed by atoms with Gasteiger partial charge in [-0.3, -0.25) is 15.1 Å². The van der Waals surface area contributed by atoms with Crippen molar-refractivity contribution in [1.29, 1.82) is 0 Å². The second-order valence-corrected chi connectivity index (χ2v) is 9.60. The fourth-order valence-electron chi connectivity index (χ4n) is 4.32. The Labute approximate surface area is 233 Å². The second kappa shape index (κ2) is 16.2. The lowest BCUT2D eigenvalue weighted by atomic mass is 10.0. The summed E-state index contributed by atoms with van der Waals surface area (Å²) in [5.74, 6) is -1.55. The van der Waals surface area contributed by atoms with Gasteiger partial charge in [0.1, 0.15) is 23.2 Å². The summed E-state index contributed by atoms with van der Waals surface area (Å²) < 4.78 is 11.5. The molecule has 0 radical (unpaired) electrons. The van der Waals surface area contributed by atoms with E-state index in [-0.39, 0.29) is 35.5 Å². The zero-order chi connectivity index (χ0) is 28.7. The van der Waals surface area contributed by atoms with Gasteiger partial charge in [-0.1, -0.05) is 23.3 Å². The third-order valence-corrected chi connectivity index (χ3v) is 6.33. The molecule has 12 nitrogen and oxygen atoms in total. The van der Waals surface area contributed by atoms with Crippen molar-refractivity contribution in [3.8, 4) is 11.5 Å². The van der Waals surface area contributed by atoms with Gasteiger partial charge < -0.3 is 24.6 Å². The number of hydroxylamine groups is 1. The average molecular weight is 556 g/mol.